The molecule has 10 heteroatoms. The summed E-state index contributed by atoms with van der Waals surface area (Å²) in [6, 6.07) is 3.19. The second-order valence-electron chi connectivity index (χ2n) is 7.63. The van der Waals surface area contributed by atoms with E-state index < -0.39 is 17.4 Å². The van der Waals surface area contributed by atoms with Crippen molar-refractivity contribution < 1.29 is 14.0 Å². The second-order valence-corrected chi connectivity index (χ2v) is 8.93. The van der Waals surface area contributed by atoms with E-state index in [1.165, 1.54) is 30.4 Å². The number of hydrogen-bond donors (Lipinski definition) is 2. The molecule has 2 fully saturated rings. The van der Waals surface area contributed by atoms with Gasteiger partial charge in [-0.1, -0.05) is 17.7 Å². The van der Waals surface area contributed by atoms with E-state index in [0.717, 1.165) is 5.70 Å². The molecule has 7 nitrogen and oxygen atoms in total. The van der Waals surface area contributed by atoms with Gasteiger partial charge in [0.05, 0.1) is 5.54 Å². The molecule has 1 aromatic carbocycles. The quantitative estimate of drug-likeness (QED) is 0.760. The Morgan fingerprint density at radius 2 is 2.27 bits per heavy atom. The van der Waals surface area contributed by atoms with Crippen LogP contribution in [-0.4, -0.2) is 46.2 Å². The van der Waals surface area contributed by atoms with Gasteiger partial charge in [-0.3, -0.25) is 9.79 Å². The maximum absolute atomic E-state index is 13.7. The normalized spacial score (nSPS) is 25.3. The van der Waals surface area contributed by atoms with Crippen molar-refractivity contribution >= 4 is 40.6 Å². The first-order chi connectivity index (χ1) is 14.4. The molecule has 2 saturated heterocycles. The van der Waals surface area contributed by atoms with Crippen LogP contribution in [-0.2, 0) is 4.79 Å². The van der Waals surface area contributed by atoms with Gasteiger partial charge in [0.25, 0.3) is 0 Å². The van der Waals surface area contributed by atoms with E-state index in [9.17, 15) is 14.0 Å². The average molecular weight is 446 g/mol. The van der Waals surface area contributed by atoms with Gasteiger partial charge >= 0.3 is 6.03 Å². The zero-order valence-corrected chi connectivity index (χ0v) is 17.5. The summed E-state index contributed by atoms with van der Waals surface area (Å²) in [4.78, 5) is 35.9. The summed E-state index contributed by atoms with van der Waals surface area (Å²) in [6.07, 6.45) is 2.16. The highest BCUT2D eigenvalue weighted by molar-refractivity contribution is 7.11. The molecule has 30 heavy (non-hydrogen) atoms. The van der Waals surface area contributed by atoms with Gasteiger partial charge in [0.1, 0.15) is 11.9 Å². The number of ketones is 1. The van der Waals surface area contributed by atoms with Crippen LogP contribution in [0.15, 0.2) is 46.0 Å². The van der Waals surface area contributed by atoms with Gasteiger partial charge in [-0.15, -0.1) is 11.3 Å². The summed E-state index contributed by atoms with van der Waals surface area (Å²) in [5.41, 5.74) is 1.31. The number of urea groups is 1. The summed E-state index contributed by atoms with van der Waals surface area (Å²) >= 11 is 7.79. The minimum atomic E-state index is -0.680. The fourth-order valence-electron chi connectivity index (χ4n) is 4.36. The smallest absolute Gasteiger partial charge is 0.315 e. The Hall–Kier alpha value is -2.78. The second kappa shape index (κ2) is 6.88. The van der Waals surface area contributed by atoms with Gasteiger partial charge in [-0.25, -0.2) is 14.2 Å². The van der Waals surface area contributed by atoms with E-state index in [2.05, 4.69) is 15.6 Å². The van der Waals surface area contributed by atoms with E-state index in [4.69, 9.17) is 16.6 Å². The number of benzene rings is 1. The van der Waals surface area contributed by atoms with Crippen molar-refractivity contribution in [2.75, 3.05) is 13.1 Å². The number of hydrogen-bond acceptors (Lipinski definition) is 6. The lowest BCUT2D eigenvalue weighted by Gasteiger charge is -2.32. The van der Waals surface area contributed by atoms with Gasteiger partial charge in [0, 0.05) is 52.9 Å². The lowest BCUT2D eigenvalue weighted by molar-refractivity contribution is -0.114. The number of fused-ring (bicyclic) bond motifs is 1. The Morgan fingerprint density at radius 1 is 1.43 bits per heavy atom. The highest BCUT2D eigenvalue weighted by Crippen LogP contribution is 2.45. The van der Waals surface area contributed by atoms with Crippen LogP contribution in [0.2, 0.25) is 5.02 Å². The van der Waals surface area contributed by atoms with Crippen LogP contribution >= 0.6 is 22.9 Å². The molecule has 3 aliphatic heterocycles. The zero-order valence-electron chi connectivity index (χ0n) is 15.9. The zero-order chi connectivity index (χ0) is 21.0. The van der Waals surface area contributed by atoms with E-state index in [1.807, 2.05) is 10.3 Å². The Kier molecular flexibility index (Phi) is 4.41. The summed E-state index contributed by atoms with van der Waals surface area (Å²) in [5, 5.41) is 8.58. The molecule has 2 aromatic rings. The first-order valence-electron chi connectivity index (χ1n) is 9.37. The van der Waals surface area contributed by atoms with Crippen molar-refractivity contribution in [3.63, 3.8) is 0 Å². The van der Waals surface area contributed by atoms with Crippen LogP contribution in [0.1, 0.15) is 30.0 Å². The fraction of sp³-hybridized carbons (Fsp3) is 0.300. The molecule has 1 unspecified atom stereocenters. The molecule has 2 N–H and O–H groups in total. The number of nitrogens with zero attached hydrogens (tertiary/aromatic N) is 3. The highest BCUT2D eigenvalue weighted by Gasteiger charge is 2.51. The van der Waals surface area contributed by atoms with Gasteiger partial charge < -0.3 is 15.5 Å². The molecule has 0 radical (unpaired) electrons. The van der Waals surface area contributed by atoms with Crippen LogP contribution in [0.25, 0.3) is 0 Å². The van der Waals surface area contributed by atoms with E-state index in [-0.39, 0.29) is 16.8 Å². The van der Waals surface area contributed by atoms with Crippen molar-refractivity contribution in [1.82, 2.24) is 20.5 Å². The van der Waals surface area contributed by atoms with Crippen molar-refractivity contribution in [3.05, 3.63) is 62.5 Å². The number of thiazole rings is 1. The van der Waals surface area contributed by atoms with Gasteiger partial charge in [0.2, 0.25) is 0 Å². The number of nitrogens with one attached hydrogen (secondary N) is 2. The van der Waals surface area contributed by atoms with Crippen LogP contribution in [0.3, 0.4) is 0 Å². The monoisotopic (exact) mass is 445 g/mol. The molecule has 5 rings (SSSR count). The minimum absolute atomic E-state index is 0.142. The maximum atomic E-state index is 13.7. The topological polar surface area (TPSA) is 86.7 Å². The predicted molar refractivity (Wildman–Crippen MR) is 111 cm³/mol. The number of halogens is 2. The Balaban J connectivity index is 1.70. The maximum Gasteiger partial charge on any atom is 0.315 e. The lowest BCUT2D eigenvalue weighted by atomic mass is 9.90. The van der Waals surface area contributed by atoms with Gasteiger partial charge in [0.15, 0.2) is 16.6 Å². The van der Waals surface area contributed by atoms with Crippen LogP contribution in [0.5, 0.6) is 0 Å². The summed E-state index contributed by atoms with van der Waals surface area (Å²) in [7, 11) is 0. The number of carbonyl (C=O) groups excluding carboxylic acids is 2. The largest absolute Gasteiger partial charge is 0.336 e. The highest BCUT2D eigenvalue weighted by atomic mass is 35.5. The standard InChI is InChI=1S/C20H17ClFN5O2S/c1-10(28)15-14-7-20(8-24-19(29)26-20)9-27(14)17(18-23-4-5-30-18)25-16(15)12-3-2-11(22)6-13(12)21/h2-6,16H,7-9H2,1H3,(H2,24,26,29)/t16-,20?/m0/s1. The number of aliphatic imine (C=N–C) groups is 1. The molecule has 4 heterocycles. The van der Waals surface area contributed by atoms with Crippen LogP contribution < -0.4 is 10.6 Å². The number of aromatic nitrogens is 1. The SMILES string of the molecule is CC(=O)C1=C2CC3(CNC(=O)N3)CN2C(c2nccs2)=N[C@H]1c1ccc(F)cc1Cl. The summed E-state index contributed by atoms with van der Waals surface area (Å²) in [5.74, 6) is 0.0204. The molecule has 2 amide bonds. The fourth-order valence-corrected chi connectivity index (χ4v) is 5.27. The molecular weight excluding hydrogens is 429 g/mol. The van der Waals surface area contributed by atoms with Crippen molar-refractivity contribution in [3.8, 4) is 0 Å². The molecule has 0 bridgehead atoms. The summed E-state index contributed by atoms with van der Waals surface area (Å²) < 4.78 is 13.7. The molecular formula is C20H17ClFN5O2S. The van der Waals surface area contributed by atoms with E-state index >= 15 is 0 Å². The predicted octanol–water partition coefficient (Wildman–Crippen LogP) is 3.04. The Bertz CT molecular complexity index is 1130. The third kappa shape index (κ3) is 3.00. The minimum Gasteiger partial charge on any atom is -0.336 e. The molecule has 0 saturated carbocycles. The molecule has 3 aliphatic rings. The first kappa shape index (κ1) is 19.2. The van der Waals surface area contributed by atoms with E-state index in [0.29, 0.717) is 41.5 Å². The van der Waals surface area contributed by atoms with Crippen molar-refractivity contribution in [2.24, 2.45) is 4.99 Å². The molecule has 154 valence electrons. The number of amides is 2. The van der Waals surface area contributed by atoms with Crippen LogP contribution in [0.4, 0.5) is 9.18 Å². The van der Waals surface area contributed by atoms with E-state index in [1.54, 1.807) is 12.3 Å². The van der Waals surface area contributed by atoms with Crippen LogP contribution in [0, 0.1) is 5.82 Å². The van der Waals surface area contributed by atoms with Crippen molar-refractivity contribution in [1.29, 1.82) is 0 Å². The first-order valence-corrected chi connectivity index (χ1v) is 10.6. The van der Waals surface area contributed by atoms with Gasteiger partial charge in [-0.05, 0) is 19.1 Å². The average Bonchev–Trinajstić information content (AvgIpc) is 3.41. The van der Waals surface area contributed by atoms with Crippen molar-refractivity contribution in [2.45, 2.75) is 24.9 Å². The molecule has 0 aliphatic carbocycles. The molecule has 2 atom stereocenters. The summed E-state index contributed by atoms with van der Waals surface area (Å²) in [6.45, 7) is 2.41. The Labute approximate surface area is 180 Å². The Morgan fingerprint density at radius 3 is 2.90 bits per heavy atom. The van der Waals surface area contributed by atoms with Gasteiger partial charge in [-0.2, -0.15) is 0 Å². The lowest BCUT2D eigenvalue weighted by Crippen LogP contribution is -2.47. The number of amidine groups is 1. The third-order valence-corrected chi connectivity index (χ3v) is 6.71. The number of carbonyl (C=O) groups is 2. The third-order valence-electron chi connectivity index (χ3n) is 5.61. The molecule has 1 aromatic heterocycles. The number of rotatable bonds is 3. The molecule has 1 spiro atoms. The number of Topliss-reactive ketones (excluding diaryl/α,β-unsaturated/α-hetero) is 1.